The van der Waals surface area contributed by atoms with Crippen LogP contribution in [0.3, 0.4) is 0 Å². The van der Waals surface area contributed by atoms with Crippen LogP contribution in [0.2, 0.25) is 0 Å². The second kappa shape index (κ2) is 6.28. The number of hydrogen-bond donors (Lipinski definition) is 0. The normalized spacial score (nSPS) is 11.6. The van der Waals surface area contributed by atoms with E-state index in [0.29, 0.717) is 0 Å². The summed E-state index contributed by atoms with van der Waals surface area (Å²) in [6.07, 6.45) is 0. The molecular formula is C21H17N. The third-order valence-electron chi connectivity index (χ3n) is 3.90. The predicted molar refractivity (Wildman–Crippen MR) is 90.5 cm³/mol. The Hall–Kier alpha value is -2.85. The maximum atomic E-state index is 9.72. The zero-order valence-electron chi connectivity index (χ0n) is 12.5. The van der Waals surface area contributed by atoms with Gasteiger partial charge in [0.1, 0.15) is 0 Å². The molecule has 0 saturated heterocycles. The standard InChI is InChI=1S/C21H17N/c1-16-11-13-18(14-12-16)21(15-22)20-10-6-5-9-19(20)17-7-3-2-4-8-17/h2-14,21H,1H3. The maximum Gasteiger partial charge on any atom is 0.0968 e. The van der Waals surface area contributed by atoms with E-state index in [-0.39, 0.29) is 5.92 Å². The van der Waals surface area contributed by atoms with E-state index < -0.39 is 0 Å². The van der Waals surface area contributed by atoms with Crippen LogP contribution in [0.4, 0.5) is 0 Å². The third kappa shape index (κ3) is 2.77. The smallest absolute Gasteiger partial charge is 0.0968 e. The summed E-state index contributed by atoms with van der Waals surface area (Å²) in [5.41, 5.74) is 5.56. The Balaban J connectivity index is 2.11. The molecule has 0 heterocycles. The largest absolute Gasteiger partial charge is 0.197 e. The highest BCUT2D eigenvalue weighted by molar-refractivity contribution is 5.69. The first-order valence-electron chi connectivity index (χ1n) is 7.40. The van der Waals surface area contributed by atoms with Gasteiger partial charge in [-0.3, -0.25) is 0 Å². The summed E-state index contributed by atoms with van der Waals surface area (Å²) in [6.45, 7) is 2.06. The first kappa shape index (κ1) is 14.1. The molecule has 3 rings (SSSR count). The van der Waals surface area contributed by atoms with Crippen LogP contribution >= 0.6 is 0 Å². The van der Waals surface area contributed by atoms with Crippen LogP contribution in [0, 0.1) is 18.3 Å². The molecule has 0 saturated carbocycles. The Morgan fingerprint density at radius 1 is 0.773 bits per heavy atom. The first-order valence-corrected chi connectivity index (χ1v) is 7.40. The molecule has 22 heavy (non-hydrogen) atoms. The SMILES string of the molecule is Cc1ccc(C(C#N)c2ccccc2-c2ccccc2)cc1. The number of hydrogen-bond acceptors (Lipinski definition) is 1. The molecule has 0 aliphatic carbocycles. The molecular weight excluding hydrogens is 266 g/mol. The van der Waals surface area contributed by atoms with Gasteiger partial charge in [-0.15, -0.1) is 0 Å². The summed E-state index contributed by atoms with van der Waals surface area (Å²) in [7, 11) is 0. The Kier molecular flexibility index (Phi) is 4.03. The van der Waals surface area contributed by atoms with Crippen molar-refractivity contribution in [3.63, 3.8) is 0 Å². The average Bonchev–Trinajstić information content (AvgIpc) is 2.58. The van der Waals surface area contributed by atoms with Gasteiger partial charge in [-0.1, -0.05) is 84.4 Å². The van der Waals surface area contributed by atoms with Crippen molar-refractivity contribution in [3.8, 4) is 17.2 Å². The van der Waals surface area contributed by atoms with Gasteiger partial charge >= 0.3 is 0 Å². The van der Waals surface area contributed by atoms with E-state index >= 15 is 0 Å². The van der Waals surface area contributed by atoms with E-state index in [0.717, 1.165) is 22.3 Å². The van der Waals surface area contributed by atoms with Crippen molar-refractivity contribution in [3.05, 3.63) is 95.6 Å². The van der Waals surface area contributed by atoms with E-state index in [4.69, 9.17) is 0 Å². The number of rotatable bonds is 3. The van der Waals surface area contributed by atoms with Gasteiger partial charge in [0.2, 0.25) is 0 Å². The van der Waals surface area contributed by atoms with Crippen molar-refractivity contribution >= 4 is 0 Å². The van der Waals surface area contributed by atoms with Crippen molar-refractivity contribution in [1.82, 2.24) is 0 Å². The van der Waals surface area contributed by atoms with Crippen molar-refractivity contribution in [2.24, 2.45) is 0 Å². The van der Waals surface area contributed by atoms with E-state index in [1.54, 1.807) is 0 Å². The minimum absolute atomic E-state index is 0.253. The summed E-state index contributed by atoms with van der Waals surface area (Å²) in [5, 5.41) is 9.72. The summed E-state index contributed by atoms with van der Waals surface area (Å²) in [5.74, 6) is -0.253. The molecule has 106 valence electrons. The average molecular weight is 283 g/mol. The lowest BCUT2D eigenvalue weighted by molar-refractivity contribution is 1.04. The molecule has 0 spiro atoms. The van der Waals surface area contributed by atoms with Crippen LogP contribution in [-0.4, -0.2) is 0 Å². The fourth-order valence-electron chi connectivity index (χ4n) is 2.71. The van der Waals surface area contributed by atoms with Crippen LogP contribution < -0.4 is 0 Å². The van der Waals surface area contributed by atoms with E-state index in [1.165, 1.54) is 5.56 Å². The van der Waals surface area contributed by atoms with Crippen LogP contribution in [0.5, 0.6) is 0 Å². The topological polar surface area (TPSA) is 23.8 Å². The number of benzene rings is 3. The third-order valence-corrected chi connectivity index (χ3v) is 3.90. The highest BCUT2D eigenvalue weighted by atomic mass is 14.3. The molecule has 0 amide bonds. The van der Waals surface area contributed by atoms with Crippen LogP contribution in [-0.2, 0) is 0 Å². The van der Waals surface area contributed by atoms with Gasteiger partial charge < -0.3 is 0 Å². The van der Waals surface area contributed by atoms with Crippen LogP contribution in [0.15, 0.2) is 78.9 Å². The second-order valence-corrected chi connectivity index (χ2v) is 5.43. The molecule has 0 radical (unpaired) electrons. The van der Waals surface area contributed by atoms with Gasteiger partial charge in [-0.25, -0.2) is 0 Å². The molecule has 1 heteroatoms. The van der Waals surface area contributed by atoms with Crippen LogP contribution in [0.25, 0.3) is 11.1 Å². The molecule has 0 fully saturated rings. The number of nitrogens with zero attached hydrogens (tertiary/aromatic N) is 1. The van der Waals surface area contributed by atoms with Crippen molar-refractivity contribution in [2.45, 2.75) is 12.8 Å². The molecule has 1 unspecified atom stereocenters. The molecule has 0 aliphatic heterocycles. The Morgan fingerprint density at radius 2 is 1.41 bits per heavy atom. The molecule has 3 aromatic rings. The Bertz CT molecular complexity index is 795. The minimum Gasteiger partial charge on any atom is -0.197 e. The van der Waals surface area contributed by atoms with Crippen molar-refractivity contribution in [2.75, 3.05) is 0 Å². The lowest BCUT2D eigenvalue weighted by atomic mass is 9.86. The van der Waals surface area contributed by atoms with Crippen molar-refractivity contribution < 1.29 is 0 Å². The minimum atomic E-state index is -0.253. The van der Waals surface area contributed by atoms with Gasteiger partial charge in [0.15, 0.2) is 0 Å². The van der Waals surface area contributed by atoms with Gasteiger partial charge in [0.05, 0.1) is 12.0 Å². The molecule has 0 bridgehead atoms. The van der Waals surface area contributed by atoms with E-state index in [1.807, 2.05) is 42.5 Å². The molecule has 0 aromatic heterocycles. The summed E-state index contributed by atoms with van der Waals surface area (Å²) in [6, 6.07) is 29.1. The predicted octanol–water partition coefficient (Wildman–Crippen LogP) is 5.32. The quantitative estimate of drug-likeness (QED) is 0.638. The number of nitriles is 1. The Labute approximate surface area is 131 Å². The van der Waals surface area contributed by atoms with Gasteiger partial charge in [0, 0.05) is 0 Å². The summed E-state index contributed by atoms with van der Waals surface area (Å²) < 4.78 is 0. The molecule has 1 atom stereocenters. The summed E-state index contributed by atoms with van der Waals surface area (Å²) in [4.78, 5) is 0. The van der Waals surface area contributed by atoms with Crippen molar-refractivity contribution in [1.29, 1.82) is 5.26 Å². The molecule has 1 nitrogen and oxygen atoms in total. The second-order valence-electron chi connectivity index (χ2n) is 5.43. The van der Waals surface area contributed by atoms with Gasteiger partial charge in [-0.05, 0) is 29.2 Å². The fourth-order valence-corrected chi connectivity index (χ4v) is 2.71. The highest BCUT2D eigenvalue weighted by Gasteiger charge is 2.17. The highest BCUT2D eigenvalue weighted by Crippen LogP contribution is 2.33. The number of aryl methyl sites for hydroxylation is 1. The monoisotopic (exact) mass is 283 g/mol. The molecule has 0 N–H and O–H groups in total. The fraction of sp³-hybridized carbons (Fsp3) is 0.0952. The van der Waals surface area contributed by atoms with Gasteiger partial charge in [0.25, 0.3) is 0 Å². The van der Waals surface area contributed by atoms with E-state index in [2.05, 4.69) is 49.4 Å². The van der Waals surface area contributed by atoms with E-state index in [9.17, 15) is 5.26 Å². The maximum absolute atomic E-state index is 9.72. The summed E-state index contributed by atoms with van der Waals surface area (Å²) >= 11 is 0. The molecule has 0 aliphatic rings. The lowest BCUT2D eigenvalue weighted by Gasteiger charge is -2.15. The van der Waals surface area contributed by atoms with Crippen LogP contribution in [0.1, 0.15) is 22.6 Å². The zero-order chi connectivity index (χ0) is 15.4. The zero-order valence-corrected chi connectivity index (χ0v) is 12.5. The lowest BCUT2D eigenvalue weighted by Crippen LogP contribution is -2.00. The molecule has 3 aromatic carbocycles. The first-order chi connectivity index (χ1) is 10.8. The Morgan fingerprint density at radius 3 is 2.09 bits per heavy atom. The van der Waals surface area contributed by atoms with Gasteiger partial charge in [-0.2, -0.15) is 5.26 Å².